The summed E-state index contributed by atoms with van der Waals surface area (Å²) in [6.45, 7) is 1.76. The molecule has 1 aliphatic carbocycles. The van der Waals surface area contributed by atoms with Crippen LogP contribution in [-0.4, -0.2) is 35.2 Å². The van der Waals surface area contributed by atoms with Crippen molar-refractivity contribution < 1.29 is 23.9 Å². The molecule has 1 saturated carbocycles. The maximum absolute atomic E-state index is 13.1. The van der Waals surface area contributed by atoms with Crippen molar-refractivity contribution in [3.63, 3.8) is 0 Å². The number of aromatic nitrogens is 1. The number of benzene rings is 3. The lowest BCUT2D eigenvalue weighted by Gasteiger charge is -2.25. The first kappa shape index (κ1) is 25.6. The van der Waals surface area contributed by atoms with Crippen LogP contribution in [0.25, 0.3) is 22.2 Å². The number of carbonyl (C=O) groups excluding carboxylic acids is 4. The normalized spacial score (nSPS) is 20.4. The first-order valence-corrected chi connectivity index (χ1v) is 13.5. The largest absolute Gasteiger partial charge is 0.454 e. The van der Waals surface area contributed by atoms with Crippen LogP contribution in [0.3, 0.4) is 0 Å². The van der Waals surface area contributed by atoms with Gasteiger partial charge in [-0.1, -0.05) is 67.6 Å². The van der Waals surface area contributed by atoms with Gasteiger partial charge < -0.3 is 4.74 Å². The Morgan fingerprint density at radius 2 is 1.57 bits per heavy atom. The number of hydrogen-bond donors (Lipinski definition) is 0. The number of fused-ring (bicyclic) bond motifs is 2. The minimum Gasteiger partial charge on any atom is -0.454 e. The van der Waals surface area contributed by atoms with Gasteiger partial charge in [-0.3, -0.25) is 19.3 Å². The van der Waals surface area contributed by atoms with E-state index < -0.39 is 5.97 Å². The smallest absolute Gasteiger partial charge is 0.339 e. The molecule has 1 aliphatic heterocycles. The molecule has 2 aliphatic rings. The third-order valence-corrected chi connectivity index (χ3v) is 7.98. The van der Waals surface area contributed by atoms with E-state index in [1.165, 1.54) is 4.90 Å². The number of para-hydroxylation sites is 1. The van der Waals surface area contributed by atoms with Crippen LogP contribution in [0.1, 0.15) is 46.9 Å². The van der Waals surface area contributed by atoms with Crippen LogP contribution >= 0.6 is 0 Å². The van der Waals surface area contributed by atoms with Crippen molar-refractivity contribution in [1.82, 2.24) is 4.98 Å². The zero-order valence-electron chi connectivity index (χ0n) is 22.1. The summed E-state index contributed by atoms with van der Waals surface area (Å²) in [4.78, 5) is 57.9. The molecule has 1 saturated heterocycles. The van der Waals surface area contributed by atoms with Crippen molar-refractivity contribution in [3.8, 4) is 11.3 Å². The highest BCUT2D eigenvalue weighted by Gasteiger charge is 2.49. The lowest BCUT2D eigenvalue weighted by molar-refractivity contribution is -0.122. The molecule has 200 valence electrons. The van der Waals surface area contributed by atoms with Crippen molar-refractivity contribution in [1.29, 1.82) is 0 Å². The maximum Gasteiger partial charge on any atom is 0.339 e. The van der Waals surface area contributed by atoms with E-state index in [1.54, 1.807) is 60.7 Å². The molecule has 1 aromatic heterocycles. The van der Waals surface area contributed by atoms with Gasteiger partial charge in [0.1, 0.15) is 0 Å². The van der Waals surface area contributed by atoms with Crippen LogP contribution in [-0.2, 0) is 14.3 Å². The standard InChI is InChI=1S/C33H28N2O5/c1-20-11-16-25-26(17-20)32(38)35(31(25)37)23-14-12-21(13-15-23)29-18-27(24-9-5-6-10-28(24)34-29)33(39)40-19-30(36)22-7-3-2-4-8-22/h2-10,12-15,18,20,25-26H,11,16-17,19H2,1H3. The lowest BCUT2D eigenvalue weighted by atomic mass is 9.76. The Kier molecular flexibility index (Phi) is 6.72. The number of amides is 2. The first-order valence-electron chi connectivity index (χ1n) is 13.5. The zero-order valence-corrected chi connectivity index (χ0v) is 22.1. The Labute approximate surface area is 231 Å². The molecule has 7 nitrogen and oxygen atoms in total. The van der Waals surface area contributed by atoms with E-state index in [0.29, 0.717) is 44.9 Å². The molecule has 6 rings (SSSR count). The second-order valence-corrected chi connectivity index (χ2v) is 10.6. The second kappa shape index (κ2) is 10.5. The second-order valence-electron chi connectivity index (χ2n) is 10.6. The summed E-state index contributed by atoms with van der Waals surface area (Å²) < 4.78 is 5.41. The fourth-order valence-corrected chi connectivity index (χ4v) is 5.83. The molecule has 2 heterocycles. The van der Waals surface area contributed by atoms with Gasteiger partial charge in [0.15, 0.2) is 12.4 Å². The number of ether oxygens (including phenoxy) is 1. The van der Waals surface area contributed by atoms with Gasteiger partial charge in [0.05, 0.1) is 34.3 Å². The van der Waals surface area contributed by atoms with Crippen molar-refractivity contribution in [3.05, 3.63) is 96.1 Å². The monoisotopic (exact) mass is 532 g/mol. The van der Waals surface area contributed by atoms with Gasteiger partial charge >= 0.3 is 5.97 Å². The Bertz CT molecular complexity index is 1630. The molecule has 4 aromatic rings. The van der Waals surface area contributed by atoms with Gasteiger partial charge in [0.25, 0.3) is 0 Å². The molecule has 0 spiro atoms. The van der Waals surface area contributed by atoms with Crippen LogP contribution in [0.2, 0.25) is 0 Å². The molecule has 40 heavy (non-hydrogen) atoms. The van der Waals surface area contributed by atoms with Crippen LogP contribution in [0.15, 0.2) is 84.9 Å². The number of pyridine rings is 1. The van der Waals surface area contributed by atoms with E-state index in [4.69, 9.17) is 9.72 Å². The molecule has 3 aromatic carbocycles. The molecular weight excluding hydrogens is 504 g/mol. The van der Waals surface area contributed by atoms with E-state index >= 15 is 0 Å². The molecule has 2 fully saturated rings. The van der Waals surface area contributed by atoms with Crippen molar-refractivity contribution >= 4 is 40.2 Å². The number of carbonyl (C=O) groups is 4. The number of hydrogen-bond acceptors (Lipinski definition) is 6. The van der Waals surface area contributed by atoms with Crippen molar-refractivity contribution in [2.45, 2.75) is 26.2 Å². The molecule has 7 heteroatoms. The molecule has 3 atom stereocenters. The average Bonchev–Trinajstić information content (AvgIpc) is 3.24. The first-order chi connectivity index (χ1) is 19.4. The minimum atomic E-state index is -0.620. The summed E-state index contributed by atoms with van der Waals surface area (Å²) >= 11 is 0. The van der Waals surface area contributed by atoms with E-state index in [0.717, 1.165) is 19.3 Å². The quantitative estimate of drug-likeness (QED) is 0.175. The van der Waals surface area contributed by atoms with Gasteiger partial charge in [-0.15, -0.1) is 0 Å². The fourth-order valence-electron chi connectivity index (χ4n) is 5.83. The SMILES string of the molecule is CC1CCC2C(=O)N(c3ccc(-c4cc(C(=O)OCC(=O)c5ccccc5)c5ccccc5n4)cc3)C(=O)C2C1. The predicted octanol–water partition coefficient (Wildman–Crippen LogP) is 5.87. The van der Waals surface area contributed by atoms with Crippen LogP contribution in [0, 0.1) is 17.8 Å². The molecule has 0 N–H and O–H groups in total. The number of ketones is 1. The summed E-state index contributed by atoms with van der Waals surface area (Å²) in [5.74, 6) is -1.17. The van der Waals surface area contributed by atoms with E-state index in [9.17, 15) is 19.2 Å². The summed E-state index contributed by atoms with van der Waals surface area (Å²) in [7, 11) is 0. The minimum absolute atomic E-state index is 0.117. The van der Waals surface area contributed by atoms with E-state index in [-0.39, 0.29) is 36.0 Å². The number of anilines is 1. The van der Waals surface area contributed by atoms with Crippen molar-refractivity contribution in [2.24, 2.45) is 17.8 Å². The topological polar surface area (TPSA) is 93.6 Å². The van der Waals surface area contributed by atoms with Gasteiger partial charge in [0.2, 0.25) is 11.8 Å². The summed E-state index contributed by atoms with van der Waals surface area (Å²) in [5, 5.41) is 0.616. The number of Topliss-reactive ketones (excluding diaryl/α,β-unsaturated/α-hetero) is 1. The van der Waals surface area contributed by atoms with Gasteiger partial charge in [-0.05, 0) is 49.4 Å². The third-order valence-electron chi connectivity index (χ3n) is 7.98. The van der Waals surface area contributed by atoms with Gasteiger partial charge in [0, 0.05) is 16.5 Å². The molecule has 3 unspecified atom stereocenters. The summed E-state index contributed by atoms with van der Waals surface area (Å²) in [5.41, 5.74) is 3.17. The maximum atomic E-state index is 13.1. The van der Waals surface area contributed by atoms with Gasteiger partial charge in [-0.2, -0.15) is 0 Å². The number of nitrogens with zero attached hydrogens (tertiary/aromatic N) is 2. The van der Waals surface area contributed by atoms with Crippen molar-refractivity contribution in [2.75, 3.05) is 11.5 Å². The summed E-state index contributed by atoms with van der Waals surface area (Å²) in [6, 6.07) is 24.7. The Morgan fingerprint density at radius 3 is 2.35 bits per heavy atom. The van der Waals surface area contributed by atoms with Crippen LogP contribution < -0.4 is 4.90 Å². The third kappa shape index (κ3) is 4.68. The fraction of sp³-hybridized carbons (Fsp3) is 0.242. The highest BCUT2D eigenvalue weighted by Crippen LogP contribution is 2.42. The Morgan fingerprint density at radius 1 is 0.875 bits per heavy atom. The van der Waals surface area contributed by atoms with Gasteiger partial charge in [-0.25, -0.2) is 9.78 Å². The Hall–Kier alpha value is -4.65. The Balaban J connectivity index is 1.26. The zero-order chi connectivity index (χ0) is 27.8. The van der Waals surface area contributed by atoms with Crippen LogP contribution in [0.4, 0.5) is 5.69 Å². The van der Waals surface area contributed by atoms with Crippen LogP contribution in [0.5, 0.6) is 0 Å². The molecular formula is C33H28N2O5. The predicted molar refractivity (Wildman–Crippen MR) is 151 cm³/mol. The van der Waals surface area contributed by atoms with E-state index in [2.05, 4.69) is 6.92 Å². The number of imide groups is 1. The van der Waals surface area contributed by atoms with E-state index in [1.807, 2.05) is 24.3 Å². The highest BCUT2D eigenvalue weighted by molar-refractivity contribution is 6.22. The number of esters is 1. The molecule has 2 amide bonds. The average molecular weight is 533 g/mol. The lowest BCUT2D eigenvalue weighted by Crippen LogP contribution is -2.30. The number of rotatable bonds is 6. The summed E-state index contributed by atoms with van der Waals surface area (Å²) in [6.07, 6.45) is 2.47. The highest BCUT2D eigenvalue weighted by atomic mass is 16.5. The molecule has 0 bridgehead atoms. The molecule has 0 radical (unpaired) electrons.